The molecule has 8 atom stereocenters. The first-order valence-corrected chi connectivity index (χ1v) is 10.9. The molecule has 148 valence electrons. The van der Waals surface area contributed by atoms with Crippen LogP contribution in [0.25, 0.3) is 0 Å². The fourth-order valence-corrected chi connectivity index (χ4v) is 6.04. The Labute approximate surface area is 169 Å². The maximum absolute atomic E-state index is 6.54. The highest BCUT2D eigenvalue weighted by Gasteiger charge is 2.69. The van der Waals surface area contributed by atoms with Crippen LogP contribution in [-0.2, 0) is 19.2 Å². The van der Waals surface area contributed by atoms with Gasteiger partial charge in [0.1, 0.15) is 6.23 Å². The largest absolute Gasteiger partial charge is 0.360 e. The first-order valence-electron chi connectivity index (χ1n) is 10.1. The number of rotatable bonds is 2. The Kier molecular flexibility index (Phi) is 4.37. The summed E-state index contributed by atoms with van der Waals surface area (Å²) in [6.45, 7) is 6.57. The van der Waals surface area contributed by atoms with E-state index in [0.29, 0.717) is 17.8 Å². The number of hydrogen-bond donors (Lipinski definition) is 1. The normalized spacial score (nSPS) is 48.6. The van der Waals surface area contributed by atoms with Crippen LogP contribution in [0.5, 0.6) is 0 Å². The number of ether oxygens (including phenoxy) is 2. The van der Waals surface area contributed by atoms with E-state index in [1.165, 1.54) is 6.42 Å². The molecule has 1 aromatic rings. The SMILES string of the molecule is C[C@@H]1CC[C@H]2[C@@H](C)C(Nc3ccc(Br)cc3)O[C@@H]3O[C@@]4(C)CC[C@@H]1[C@]32OO4. The van der Waals surface area contributed by atoms with Gasteiger partial charge in [-0.3, -0.25) is 0 Å². The van der Waals surface area contributed by atoms with Gasteiger partial charge >= 0.3 is 0 Å². The van der Waals surface area contributed by atoms with Crippen LogP contribution in [-0.4, -0.2) is 23.9 Å². The molecule has 6 heteroatoms. The fourth-order valence-electron chi connectivity index (χ4n) is 5.78. The van der Waals surface area contributed by atoms with Crippen molar-refractivity contribution in [3.8, 4) is 0 Å². The Bertz CT molecular complexity index is 715. The van der Waals surface area contributed by atoms with E-state index in [9.17, 15) is 0 Å². The van der Waals surface area contributed by atoms with Gasteiger partial charge in [-0.25, -0.2) is 9.78 Å². The first kappa shape index (κ1) is 18.4. The summed E-state index contributed by atoms with van der Waals surface area (Å²) in [4.78, 5) is 12.1. The van der Waals surface area contributed by atoms with Gasteiger partial charge in [0.05, 0.1) is 0 Å². The predicted octanol–water partition coefficient (Wildman–Crippen LogP) is 5.07. The lowest BCUT2D eigenvalue weighted by Crippen LogP contribution is -2.71. The van der Waals surface area contributed by atoms with Gasteiger partial charge < -0.3 is 14.8 Å². The smallest absolute Gasteiger partial charge is 0.201 e. The Morgan fingerprint density at radius 1 is 1.04 bits per heavy atom. The minimum atomic E-state index is -0.722. The van der Waals surface area contributed by atoms with Crippen LogP contribution in [0.4, 0.5) is 5.69 Å². The molecule has 1 unspecified atom stereocenters. The Morgan fingerprint density at radius 2 is 1.81 bits per heavy atom. The molecule has 6 rings (SSSR count). The van der Waals surface area contributed by atoms with Crippen LogP contribution in [0.2, 0.25) is 0 Å². The highest BCUT2D eigenvalue weighted by Crippen LogP contribution is 2.60. The summed E-state index contributed by atoms with van der Waals surface area (Å²) < 4.78 is 14.0. The lowest BCUT2D eigenvalue weighted by atomic mass is 9.58. The second-order valence-corrected chi connectivity index (χ2v) is 9.89. The molecule has 0 amide bonds. The summed E-state index contributed by atoms with van der Waals surface area (Å²) in [6.07, 6.45) is 3.72. The van der Waals surface area contributed by atoms with Crippen molar-refractivity contribution in [2.24, 2.45) is 23.7 Å². The zero-order chi connectivity index (χ0) is 18.8. The topological polar surface area (TPSA) is 49.0 Å². The highest BCUT2D eigenvalue weighted by atomic mass is 79.9. The average Bonchev–Trinajstić information content (AvgIpc) is 2.87. The van der Waals surface area contributed by atoms with Gasteiger partial charge in [0.25, 0.3) is 0 Å². The van der Waals surface area contributed by atoms with Gasteiger partial charge in [0.2, 0.25) is 5.79 Å². The summed E-state index contributed by atoms with van der Waals surface area (Å²) in [5, 5.41) is 3.57. The average molecular weight is 438 g/mol. The van der Waals surface area contributed by atoms with Gasteiger partial charge in [-0.15, -0.1) is 0 Å². The van der Waals surface area contributed by atoms with E-state index in [1.54, 1.807) is 0 Å². The van der Waals surface area contributed by atoms with Gasteiger partial charge in [0.15, 0.2) is 11.9 Å². The quantitative estimate of drug-likeness (QED) is 0.654. The molecule has 5 fully saturated rings. The molecule has 0 aromatic heterocycles. The Hall–Kier alpha value is -0.660. The maximum atomic E-state index is 6.54. The molecule has 4 heterocycles. The molecular formula is C21H28BrNO4. The van der Waals surface area contributed by atoms with Crippen LogP contribution in [0.3, 0.4) is 0 Å². The van der Waals surface area contributed by atoms with Crippen molar-refractivity contribution in [1.82, 2.24) is 0 Å². The van der Waals surface area contributed by atoms with Gasteiger partial charge in [0, 0.05) is 28.4 Å². The van der Waals surface area contributed by atoms with Crippen LogP contribution < -0.4 is 5.32 Å². The van der Waals surface area contributed by atoms with Crippen LogP contribution >= 0.6 is 15.9 Å². The summed E-state index contributed by atoms with van der Waals surface area (Å²) >= 11 is 3.49. The van der Waals surface area contributed by atoms with Crippen LogP contribution in [0.1, 0.15) is 46.5 Å². The van der Waals surface area contributed by atoms with Gasteiger partial charge in [-0.05, 0) is 62.3 Å². The zero-order valence-corrected chi connectivity index (χ0v) is 17.7. The number of halogens is 1. The third-order valence-corrected chi connectivity index (χ3v) is 7.84. The second kappa shape index (κ2) is 6.42. The second-order valence-electron chi connectivity index (χ2n) is 8.98. The molecule has 5 aliphatic rings. The summed E-state index contributed by atoms with van der Waals surface area (Å²) in [6, 6.07) is 8.21. The van der Waals surface area contributed by atoms with E-state index in [2.05, 4.69) is 47.2 Å². The van der Waals surface area contributed by atoms with E-state index >= 15 is 0 Å². The van der Waals surface area contributed by atoms with E-state index in [4.69, 9.17) is 19.2 Å². The van der Waals surface area contributed by atoms with E-state index in [-0.39, 0.29) is 12.1 Å². The monoisotopic (exact) mass is 437 g/mol. The van der Waals surface area contributed by atoms with Crippen molar-refractivity contribution >= 4 is 21.6 Å². The number of nitrogens with one attached hydrogen (secondary N) is 1. The number of hydrogen-bond acceptors (Lipinski definition) is 5. The predicted molar refractivity (Wildman–Crippen MR) is 105 cm³/mol. The van der Waals surface area contributed by atoms with Crippen LogP contribution in [0, 0.1) is 23.7 Å². The molecular weight excluding hydrogens is 410 g/mol. The third kappa shape index (κ3) is 2.79. The zero-order valence-electron chi connectivity index (χ0n) is 16.1. The molecule has 1 aromatic carbocycles. The van der Waals surface area contributed by atoms with Crippen molar-refractivity contribution in [1.29, 1.82) is 0 Å². The molecule has 1 spiro atoms. The molecule has 27 heavy (non-hydrogen) atoms. The molecule has 2 bridgehead atoms. The van der Waals surface area contributed by atoms with Crippen molar-refractivity contribution in [2.75, 3.05) is 5.32 Å². The highest BCUT2D eigenvalue weighted by molar-refractivity contribution is 9.10. The summed E-state index contributed by atoms with van der Waals surface area (Å²) in [5.74, 6) is 0.896. The van der Waals surface area contributed by atoms with Crippen molar-refractivity contribution < 1.29 is 19.2 Å². The van der Waals surface area contributed by atoms with Crippen molar-refractivity contribution in [3.05, 3.63) is 28.7 Å². The Morgan fingerprint density at radius 3 is 2.59 bits per heavy atom. The lowest BCUT2D eigenvalue weighted by Gasteiger charge is -2.60. The van der Waals surface area contributed by atoms with E-state index in [1.807, 2.05) is 19.1 Å². The number of benzene rings is 1. The third-order valence-electron chi connectivity index (χ3n) is 7.31. The van der Waals surface area contributed by atoms with Crippen LogP contribution in [0.15, 0.2) is 28.7 Å². The molecule has 5 nitrogen and oxygen atoms in total. The summed E-state index contributed by atoms with van der Waals surface area (Å²) in [7, 11) is 0. The first-order chi connectivity index (χ1) is 12.9. The molecule has 4 saturated heterocycles. The maximum Gasteiger partial charge on any atom is 0.201 e. The van der Waals surface area contributed by atoms with Gasteiger partial charge in [-0.2, -0.15) is 0 Å². The minimum absolute atomic E-state index is 0.118. The molecule has 4 aliphatic heterocycles. The Balaban J connectivity index is 1.48. The fraction of sp³-hybridized carbons (Fsp3) is 0.714. The number of anilines is 1. The standard InChI is InChI=1S/C21H28BrNO4/c1-12-4-9-17-13(2)18(23-15-7-5-14(22)6-8-15)24-19-21(17)16(12)10-11-20(3,25-19)26-27-21/h5-8,12-13,16-19,23H,4,9-11H2,1-3H3/t12-,13-,16+,17+,18?,19-,20-,21-/m1/s1. The van der Waals surface area contributed by atoms with Gasteiger partial charge in [-0.1, -0.05) is 29.8 Å². The van der Waals surface area contributed by atoms with Crippen molar-refractivity contribution in [3.63, 3.8) is 0 Å². The van der Waals surface area contributed by atoms with Crippen molar-refractivity contribution in [2.45, 2.75) is 70.4 Å². The van der Waals surface area contributed by atoms with E-state index < -0.39 is 17.7 Å². The minimum Gasteiger partial charge on any atom is -0.360 e. The summed E-state index contributed by atoms with van der Waals surface area (Å²) in [5.41, 5.74) is 0.555. The molecule has 0 radical (unpaired) electrons. The lowest BCUT2D eigenvalue weighted by molar-refractivity contribution is -0.570. The number of fused-ring (bicyclic) bond motifs is 2. The molecule has 1 aliphatic carbocycles. The molecule has 1 saturated carbocycles. The molecule has 1 N–H and O–H groups in total. The van der Waals surface area contributed by atoms with E-state index in [0.717, 1.165) is 29.4 Å².